The Hall–Kier alpha value is -1.05. The molecule has 1 rings (SSSR count). The van der Waals surface area contributed by atoms with E-state index >= 15 is 0 Å². The van der Waals surface area contributed by atoms with Gasteiger partial charge in [0.1, 0.15) is 0 Å². The van der Waals surface area contributed by atoms with Crippen LogP contribution in [0.1, 0.15) is 0 Å². The van der Waals surface area contributed by atoms with Gasteiger partial charge in [-0.3, -0.25) is 0 Å². The van der Waals surface area contributed by atoms with Crippen LogP contribution < -0.4 is 0 Å². The average molecular weight is 244 g/mol. The highest BCUT2D eigenvalue weighted by atomic mass is 32.2. The molecule has 8 heteroatoms. The second kappa shape index (κ2) is 4.65. The summed E-state index contributed by atoms with van der Waals surface area (Å²) in [6.07, 6.45) is -5.87. The zero-order valence-electron chi connectivity index (χ0n) is 7.59. The minimum atomic E-state index is -4.67. The standard InChI is InChI=1S/C7H7F3O4S/c1-12-6(11)14-5-4(7(8,9)10)13-2-3-15-5/h2-3H2,1H3. The van der Waals surface area contributed by atoms with E-state index in [1.807, 2.05) is 0 Å². The van der Waals surface area contributed by atoms with Crippen LogP contribution >= 0.6 is 11.8 Å². The molecule has 86 valence electrons. The normalized spacial score (nSPS) is 17.1. The smallest absolute Gasteiger partial charge is 0.485 e. The Bertz CT molecular complexity index is 286. The Morgan fingerprint density at radius 3 is 2.73 bits per heavy atom. The summed E-state index contributed by atoms with van der Waals surface area (Å²) in [5.74, 6) is -1.00. The van der Waals surface area contributed by atoms with Crippen molar-refractivity contribution in [3.8, 4) is 0 Å². The van der Waals surface area contributed by atoms with Crippen molar-refractivity contribution in [2.24, 2.45) is 0 Å². The molecular weight excluding hydrogens is 237 g/mol. The van der Waals surface area contributed by atoms with Crippen LogP contribution in [0.4, 0.5) is 18.0 Å². The lowest BCUT2D eigenvalue weighted by atomic mass is 10.5. The monoisotopic (exact) mass is 244 g/mol. The first-order chi connectivity index (χ1) is 6.95. The fourth-order valence-corrected chi connectivity index (χ4v) is 1.58. The number of allylic oxidation sites excluding steroid dienone is 1. The summed E-state index contributed by atoms with van der Waals surface area (Å²) < 4.78 is 49.8. The van der Waals surface area contributed by atoms with Crippen molar-refractivity contribution in [1.29, 1.82) is 0 Å². The van der Waals surface area contributed by atoms with Gasteiger partial charge in [-0.25, -0.2) is 4.79 Å². The number of hydrogen-bond acceptors (Lipinski definition) is 5. The minimum Gasteiger partial charge on any atom is -0.485 e. The van der Waals surface area contributed by atoms with Gasteiger partial charge in [-0.15, -0.1) is 0 Å². The van der Waals surface area contributed by atoms with E-state index in [4.69, 9.17) is 0 Å². The molecule has 4 nitrogen and oxygen atoms in total. The highest BCUT2D eigenvalue weighted by Crippen LogP contribution is 2.37. The molecule has 0 unspecified atom stereocenters. The average Bonchev–Trinajstić information content (AvgIpc) is 2.17. The van der Waals surface area contributed by atoms with E-state index in [2.05, 4.69) is 14.2 Å². The number of rotatable bonds is 1. The molecule has 0 aliphatic carbocycles. The van der Waals surface area contributed by atoms with E-state index in [1.54, 1.807) is 0 Å². The lowest BCUT2D eigenvalue weighted by Crippen LogP contribution is -2.22. The Kier molecular flexibility index (Phi) is 3.72. The second-order valence-electron chi connectivity index (χ2n) is 2.37. The number of alkyl halides is 3. The summed E-state index contributed by atoms with van der Waals surface area (Å²) in [4.78, 5) is 10.6. The van der Waals surface area contributed by atoms with Gasteiger partial charge in [-0.05, 0) is 0 Å². The van der Waals surface area contributed by atoms with E-state index in [0.29, 0.717) is 0 Å². The van der Waals surface area contributed by atoms with Crippen molar-refractivity contribution in [1.82, 2.24) is 0 Å². The quantitative estimate of drug-likeness (QED) is 0.662. The summed E-state index contributed by atoms with van der Waals surface area (Å²) in [7, 11) is 1.00. The van der Waals surface area contributed by atoms with Gasteiger partial charge < -0.3 is 14.2 Å². The molecule has 0 radical (unpaired) electrons. The molecule has 0 aromatic heterocycles. The minimum absolute atomic E-state index is 0.0759. The predicted molar refractivity (Wildman–Crippen MR) is 45.0 cm³/mol. The highest BCUT2D eigenvalue weighted by Gasteiger charge is 2.42. The summed E-state index contributed by atoms with van der Waals surface area (Å²) >= 11 is 0.753. The van der Waals surface area contributed by atoms with Crippen molar-refractivity contribution in [2.45, 2.75) is 6.18 Å². The molecule has 0 saturated carbocycles. The van der Waals surface area contributed by atoms with Crippen LogP contribution in [-0.2, 0) is 14.2 Å². The van der Waals surface area contributed by atoms with Crippen LogP contribution in [0.15, 0.2) is 10.9 Å². The number of thioether (sulfide) groups is 1. The summed E-state index contributed by atoms with van der Waals surface area (Å²) in [5.41, 5.74) is 0. The summed E-state index contributed by atoms with van der Waals surface area (Å²) in [6.45, 7) is -0.0759. The molecule has 0 N–H and O–H groups in total. The van der Waals surface area contributed by atoms with Gasteiger partial charge in [0.05, 0.1) is 13.7 Å². The maximum absolute atomic E-state index is 12.3. The second-order valence-corrected chi connectivity index (χ2v) is 3.44. The van der Waals surface area contributed by atoms with Crippen LogP contribution in [0, 0.1) is 0 Å². The molecule has 1 heterocycles. The first kappa shape index (κ1) is 12.0. The van der Waals surface area contributed by atoms with Crippen molar-refractivity contribution in [3.05, 3.63) is 10.9 Å². The molecule has 1 aliphatic heterocycles. The summed E-state index contributed by atoms with van der Waals surface area (Å²) in [6, 6.07) is 0. The van der Waals surface area contributed by atoms with Crippen LogP contribution in [0.5, 0.6) is 0 Å². The van der Waals surface area contributed by atoms with Crippen molar-refractivity contribution < 1.29 is 32.2 Å². The van der Waals surface area contributed by atoms with Crippen LogP contribution in [0.2, 0.25) is 0 Å². The molecule has 0 amide bonds. The summed E-state index contributed by atoms with van der Waals surface area (Å²) in [5, 5.41) is -0.611. The fraction of sp³-hybridized carbons (Fsp3) is 0.571. The van der Waals surface area contributed by atoms with Crippen LogP contribution in [-0.4, -0.2) is 31.8 Å². The third-order valence-corrected chi connectivity index (χ3v) is 2.25. The fourth-order valence-electron chi connectivity index (χ4n) is 0.793. The van der Waals surface area contributed by atoms with Gasteiger partial charge in [0.2, 0.25) is 5.09 Å². The number of hydrogen-bond donors (Lipinski definition) is 0. The zero-order chi connectivity index (χ0) is 11.5. The molecule has 0 spiro atoms. The first-order valence-electron chi connectivity index (χ1n) is 3.78. The zero-order valence-corrected chi connectivity index (χ0v) is 8.41. The molecule has 15 heavy (non-hydrogen) atoms. The van der Waals surface area contributed by atoms with E-state index in [1.165, 1.54) is 0 Å². The molecule has 0 aromatic rings. The third kappa shape index (κ3) is 3.22. The van der Waals surface area contributed by atoms with E-state index in [0.717, 1.165) is 18.9 Å². The van der Waals surface area contributed by atoms with Crippen molar-refractivity contribution in [2.75, 3.05) is 19.5 Å². The van der Waals surface area contributed by atoms with Crippen LogP contribution in [0.25, 0.3) is 0 Å². The maximum Gasteiger partial charge on any atom is 0.514 e. The topological polar surface area (TPSA) is 44.8 Å². The molecular formula is C7H7F3O4S. The van der Waals surface area contributed by atoms with Gasteiger partial charge in [0.25, 0.3) is 5.76 Å². The molecule has 0 bridgehead atoms. The molecule has 0 aromatic carbocycles. The first-order valence-corrected chi connectivity index (χ1v) is 4.76. The van der Waals surface area contributed by atoms with Crippen molar-refractivity contribution >= 4 is 17.9 Å². The van der Waals surface area contributed by atoms with Gasteiger partial charge in [-0.2, -0.15) is 13.2 Å². The van der Waals surface area contributed by atoms with E-state index < -0.39 is 23.2 Å². The lowest BCUT2D eigenvalue weighted by molar-refractivity contribution is -0.133. The number of carbonyl (C=O) groups excluding carboxylic acids is 1. The Morgan fingerprint density at radius 1 is 1.53 bits per heavy atom. The van der Waals surface area contributed by atoms with Gasteiger partial charge in [0, 0.05) is 5.75 Å². The largest absolute Gasteiger partial charge is 0.514 e. The molecule has 1 aliphatic rings. The van der Waals surface area contributed by atoms with E-state index in [-0.39, 0.29) is 12.4 Å². The lowest BCUT2D eigenvalue weighted by Gasteiger charge is -2.20. The number of carbonyl (C=O) groups is 1. The number of halogens is 3. The molecule has 0 fully saturated rings. The molecule has 0 saturated heterocycles. The Balaban J connectivity index is 2.86. The number of methoxy groups -OCH3 is 1. The number of ether oxygens (including phenoxy) is 3. The van der Waals surface area contributed by atoms with Gasteiger partial charge in [0.15, 0.2) is 0 Å². The van der Waals surface area contributed by atoms with Gasteiger partial charge in [-0.1, -0.05) is 11.8 Å². The maximum atomic E-state index is 12.3. The Morgan fingerprint density at radius 2 is 2.20 bits per heavy atom. The van der Waals surface area contributed by atoms with Crippen LogP contribution in [0.3, 0.4) is 0 Å². The van der Waals surface area contributed by atoms with Gasteiger partial charge >= 0.3 is 12.3 Å². The van der Waals surface area contributed by atoms with Crippen molar-refractivity contribution in [3.63, 3.8) is 0 Å². The molecule has 0 atom stereocenters. The predicted octanol–water partition coefficient (Wildman–Crippen LogP) is 2.26. The Labute approximate surface area is 87.4 Å². The highest BCUT2D eigenvalue weighted by molar-refractivity contribution is 8.02. The SMILES string of the molecule is COC(=O)OC1=C(C(F)(F)F)OCCS1. The third-order valence-electron chi connectivity index (χ3n) is 1.35. The van der Waals surface area contributed by atoms with E-state index in [9.17, 15) is 18.0 Å².